The van der Waals surface area contributed by atoms with E-state index >= 15 is 0 Å². The molecule has 0 spiro atoms. The summed E-state index contributed by atoms with van der Waals surface area (Å²) < 4.78 is 0. The van der Waals surface area contributed by atoms with Gasteiger partial charge in [-0.25, -0.2) is 0 Å². The van der Waals surface area contributed by atoms with E-state index in [9.17, 15) is 0 Å². The highest BCUT2D eigenvalue weighted by atomic mass is 35.5. The quantitative estimate of drug-likeness (QED) is 0.617. The van der Waals surface area contributed by atoms with Crippen LogP contribution in [0.1, 0.15) is 29.0 Å². The lowest BCUT2D eigenvalue weighted by Gasteiger charge is -2.34. The molecule has 0 unspecified atom stereocenters. The van der Waals surface area contributed by atoms with E-state index in [1.54, 1.807) is 0 Å². The Kier molecular flexibility index (Phi) is 5.95. The van der Waals surface area contributed by atoms with Gasteiger partial charge in [0.05, 0.1) is 0 Å². The SMILES string of the molecule is CNC[C@H]1CCc2cc(-c3cccs3)ccc2[C@H]1c1ccccc1.Cl. The summed E-state index contributed by atoms with van der Waals surface area (Å²) in [7, 11) is 2.07. The van der Waals surface area contributed by atoms with Gasteiger partial charge < -0.3 is 5.32 Å². The standard InChI is InChI=1S/C22H23NS.ClH/c1-23-15-19-10-9-17-14-18(21-8-5-13-24-21)11-12-20(17)22(19)16-6-3-2-4-7-16;/h2-8,11-14,19,22-23H,9-10,15H2,1H3;1H/t19-,22+;/m1./s1. The number of fused-ring (bicyclic) bond motifs is 1. The van der Waals surface area contributed by atoms with Crippen molar-refractivity contribution >= 4 is 23.7 Å². The number of hydrogen-bond donors (Lipinski definition) is 1. The highest BCUT2D eigenvalue weighted by Crippen LogP contribution is 2.42. The molecule has 1 N–H and O–H groups in total. The maximum Gasteiger partial charge on any atom is 0.0342 e. The topological polar surface area (TPSA) is 12.0 Å². The van der Waals surface area contributed by atoms with Gasteiger partial charge in [-0.15, -0.1) is 23.7 Å². The fraction of sp³-hybridized carbons (Fsp3) is 0.273. The Hall–Kier alpha value is -1.61. The molecule has 0 saturated heterocycles. The molecule has 1 aliphatic rings. The van der Waals surface area contributed by atoms with E-state index in [4.69, 9.17) is 0 Å². The Labute approximate surface area is 160 Å². The Bertz CT molecular complexity index is 798. The van der Waals surface area contributed by atoms with Gasteiger partial charge in [-0.3, -0.25) is 0 Å². The van der Waals surface area contributed by atoms with E-state index in [1.807, 2.05) is 11.3 Å². The zero-order valence-electron chi connectivity index (χ0n) is 14.4. The van der Waals surface area contributed by atoms with Crippen LogP contribution >= 0.6 is 23.7 Å². The van der Waals surface area contributed by atoms with E-state index < -0.39 is 0 Å². The Balaban J connectivity index is 0.00000182. The predicted octanol–water partition coefficient (Wildman–Crippen LogP) is 5.75. The molecule has 3 heteroatoms. The smallest absolute Gasteiger partial charge is 0.0342 e. The predicted molar refractivity (Wildman–Crippen MR) is 111 cm³/mol. The van der Waals surface area contributed by atoms with Crippen LogP contribution in [-0.2, 0) is 6.42 Å². The van der Waals surface area contributed by atoms with Crippen LogP contribution in [0.15, 0.2) is 66.0 Å². The van der Waals surface area contributed by atoms with Gasteiger partial charge in [-0.05, 0) is 66.1 Å². The highest BCUT2D eigenvalue weighted by Gasteiger charge is 2.30. The molecule has 2 aromatic carbocycles. The van der Waals surface area contributed by atoms with Crippen LogP contribution in [0.3, 0.4) is 0 Å². The minimum absolute atomic E-state index is 0. The lowest BCUT2D eigenvalue weighted by atomic mass is 9.71. The van der Waals surface area contributed by atoms with Crippen LogP contribution in [-0.4, -0.2) is 13.6 Å². The number of rotatable bonds is 4. The van der Waals surface area contributed by atoms with E-state index in [1.165, 1.54) is 40.0 Å². The number of aryl methyl sites for hydroxylation is 1. The van der Waals surface area contributed by atoms with Gasteiger partial charge in [-0.2, -0.15) is 0 Å². The van der Waals surface area contributed by atoms with E-state index in [0.29, 0.717) is 11.8 Å². The molecular weight excluding hydrogens is 346 g/mol. The molecule has 4 rings (SSSR count). The molecule has 0 bridgehead atoms. The Morgan fingerprint density at radius 2 is 1.88 bits per heavy atom. The Morgan fingerprint density at radius 1 is 1.04 bits per heavy atom. The zero-order chi connectivity index (χ0) is 16.4. The zero-order valence-corrected chi connectivity index (χ0v) is 16.1. The number of halogens is 1. The van der Waals surface area contributed by atoms with Crippen molar-refractivity contribution in [3.8, 4) is 10.4 Å². The van der Waals surface area contributed by atoms with E-state index in [2.05, 4.69) is 78.4 Å². The molecule has 0 fully saturated rings. The fourth-order valence-corrected chi connectivity index (χ4v) is 4.80. The summed E-state index contributed by atoms with van der Waals surface area (Å²) in [5.74, 6) is 1.16. The molecule has 2 atom stereocenters. The van der Waals surface area contributed by atoms with Gasteiger partial charge in [0.15, 0.2) is 0 Å². The van der Waals surface area contributed by atoms with Gasteiger partial charge in [0.25, 0.3) is 0 Å². The number of thiophene rings is 1. The number of benzene rings is 2. The molecule has 130 valence electrons. The molecule has 0 aliphatic heterocycles. The third kappa shape index (κ3) is 3.67. The van der Waals surface area contributed by atoms with Crippen LogP contribution in [0, 0.1) is 5.92 Å². The molecule has 1 aromatic heterocycles. The summed E-state index contributed by atoms with van der Waals surface area (Å²) in [5.41, 5.74) is 5.86. The average molecular weight is 370 g/mol. The first kappa shape index (κ1) is 18.2. The van der Waals surface area contributed by atoms with Crippen LogP contribution in [0.25, 0.3) is 10.4 Å². The van der Waals surface area contributed by atoms with Crippen LogP contribution in [0.4, 0.5) is 0 Å². The van der Waals surface area contributed by atoms with Crippen molar-refractivity contribution in [2.75, 3.05) is 13.6 Å². The molecule has 25 heavy (non-hydrogen) atoms. The molecular formula is C22H24ClNS. The first-order chi connectivity index (χ1) is 11.9. The first-order valence-electron chi connectivity index (χ1n) is 8.73. The van der Waals surface area contributed by atoms with Crippen LogP contribution < -0.4 is 5.32 Å². The summed E-state index contributed by atoms with van der Waals surface area (Å²) in [4.78, 5) is 1.37. The van der Waals surface area contributed by atoms with Gasteiger partial charge in [0.2, 0.25) is 0 Å². The average Bonchev–Trinajstić information content (AvgIpc) is 3.17. The molecule has 1 aliphatic carbocycles. The molecule has 1 heterocycles. The lowest BCUT2D eigenvalue weighted by Crippen LogP contribution is -2.29. The molecule has 0 saturated carbocycles. The van der Waals surface area contributed by atoms with Crippen molar-refractivity contribution in [3.63, 3.8) is 0 Å². The third-order valence-corrected chi connectivity index (χ3v) is 6.08. The van der Waals surface area contributed by atoms with Crippen molar-refractivity contribution in [2.24, 2.45) is 5.92 Å². The Morgan fingerprint density at radius 3 is 2.60 bits per heavy atom. The van der Waals surface area contributed by atoms with Crippen molar-refractivity contribution in [2.45, 2.75) is 18.8 Å². The number of hydrogen-bond acceptors (Lipinski definition) is 2. The maximum atomic E-state index is 3.40. The second kappa shape index (κ2) is 8.18. The highest BCUT2D eigenvalue weighted by molar-refractivity contribution is 7.13. The van der Waals surface area contributed by atoms with E-state index in [-0.39, 0.29) is 12.4 Å². The second-order valence-corrected chi connectivity index (χ2v) is 7.58. The summed E-state index contributed by atoms with van der Waals surface area (Å²) in [6.45, 7) is 1.08. The fourth-order valence-electron chi connectivity index (χ4n) is 4.08. The summed E-state index contributed by atoms with van der Waals surface area (Å²) in [6, 6.07) is 22.5. The van der Waals surface area contributed by atoms with Gasteiger partial charge in [0.1, 0.15) is 0 Å². The van der Waals surface area contributed by atoms with Crippen molar-refractivity contribution in [3.05, 3.63) is 82.7 Å². The van der Waals surface area contributed by atoms with Crippen molar-refractivity contribution in [1.82, 2.24) is 5.32 Å². The monoisotopic (exact) mass is 369 g/mol. The second-order valence-electron chi connectivity index (χ2n) is 6.64. The minimum Gasteiger partial charge on any atom is -0.319 e. The van der Waals surface area contributed by atoms with Crippen LogP contribution in [0.2, 0.25) is 0 Å². The summed E-state index contributed by atoms with van der Waals surface area (Å²) >= 11 is 1.82. The van der Waals surface area contributed by atoms with Crippen molar-refractivity contribution < 1.29 is 0 Å². The minimum atomic E-state index is 0. The van der Waals surface area contributed by atoms with Gasteiger partial charge in [0, 0.05) is 10.8 Å². The van der Waals surface area contributed by atoms with E-state index in [0.717, 1.165) is 6.54 Å². The lowest BCUT2D eigenvalue weighted by molar-refractivity contribution is 0.396. The normalized spacial score (nSPS) is 19.1. The number of nitrogens with one attached hydrogen (secondary N) is 1. The van der Waals surface area contributed by atoms with Crippen LogP contribution in [0.5, 0.6) is 0 Å². The first-order valence-corrected chi connectivity index (χ1v) is 9.61. The van der Waals surface area contributed by atoms with Crippen molar-refractivity contribution in [1.29, 1.82) is 0 Å². The van der Waals surface area contributed by atoms with Gasteiger partial charge in [-0.1, -0.05) is 54.6 Å². The maximum absolute atomic E-state index is 3.40. The molecule has 0 radical (unpaired) electrons. The molecule has 1 nitrogen and oxygen atoms in total. The van der Waals surface area contributed by atoms with Gasteiger partial charge >= 0.3 is 0 Å². The molecule has 0 amide bonds. The summed E-state index contributed by atoms with van der Waals surface area (Å²) in [5, 5.41) is 5.56. The third-order valence-electron chi connectivity index (χ3n) is 5.16. The summed E-state index contributed by atoms with van der Waals surface area (Å²) in [6.07, 6.45) is 2.44. The largest absolute Gasteiger partial charge is 0.319 e. The molecule has 3 aromatic rings.